The number of rotatable bonds is 8. The molecule has 0 spiro atoms. The van der Waals surface area contributed by atoms with Crippen molar-refractivity contribution in [3.05, 3.63) is 77.4 Å². The average Bonchev–Trinajstić information content (AvgIpc) is 2.98. The van der Waals surface area contributed by atoms with Crippen molar-refractivity contribution in [3.8, 4) is 28.0 Å². The van der Waals surface area contributed by atoms with Crippen molar-refractivity contribution >= 4 is 7.85 Å². The van der Waals surface area contributed by atoms with Gasteiger partial charge in [-0.25, -0.2) is 13.2 Å². The fourth-order valence-corrected chi connectivity index (χ4v) is 7.21. The lowest BCUT2D eigenvalue weighted by molar-refractivity contribution is 0.156. The number of halogens is 4. The van der Waals surface area contributed by atoms with E-state index in [1.54, 1.807) is 44.2 Å². The Balaban J connectivity index is 1.25. The van der Waals surface area contributed by atoms with E-state index in [0.717, 1.165) is 43.4 Å². The predicted octanol–water partition coefficient (Wildman–Crippen LogP) is 9.43. The van der Waals surface area contributed by atoms with Crippen LogP contribution >= 0.6 is 0 Å². The molecule has 2 aliphatic rings. The van der Waals surface area contributed by atoms with E-state index in [0.29, 0.717) is 16.7 Å². The highest BCUT2D eigenvalue weighted by molar-refractivity contribution is 6.08. The smallest absolute Gasteiger partial charge is 0.201 e. The van der Waals surface area contributed by atoms with Crippen LogP contribution in [0.5, 0.6) is 5.75 Å². The largest absolute Gasteiger partial charge is 0.500 e. The van der Waals surface area contributed by atoms with Gasteiger partial charge in [-0.15, -0.1) is 0 Å². The van der Waals surface area contributed by atoms with E-state index in [1.165, 1.54) is 50.7 Å². The Bertz CT molecular complexity index is 1290. The van der Waals surface area contributed by atoms with Gasteiger partial charge in [0.15, 0.2) is 31.0 Å². The topological polar surface area (TPSA) is 9.23 Å². The molecule has 0 radical (unpaired) electrons. The van der Waals surface area contributed by atoms with Crippen molar-refractivity contribution in [2.75, 3.05) is 6.51 Å². The van der Waals surface area contributed by atoms with Crippen LogP contribution in [0.1, 0.15) is 82.6 Å². The molecule has 0 unspecified atom stereocenters. The molecule has 0 aromatic heterocycles. The molecule has 3 aromatic rings. The van der Waals surface area contributed by atoms with Gasteiger partial charge in [0.1, 0.15) is 0 Å². The summed E-state index contributed by atoms with van der Waals surface area (Å²) in [6.07, 6.45) is 12.0. The highest BCUT2D eigenvalue weighted by Gasteiger charge is 2.32. The molecule has 2 fully saturated rings. The monoisotopic (exact) mass is 550 g/mol. The van der Waals surface area contributed by atoms with Crippen molar-refractivity contribution < 1.29 is 22.3 Å². The van der Waals surface area contributed by atoms with E-state index in [9.17, 15) is 8.78 Å². The van der Waals surface area contributed by atoms with E-state index < -0.39 is 23.3 Å². The maximum absolute atomic E-state index is 15.4. The first kappa shape index (κ1) is 28.8. The number of hydrogen-bond acceptors (Lipinski definition) is 1. The molecule has 0 N–H and O–H groups in total. The molecule has 5 rings (SSSR count). The van der Waals surface area contributed by atoms with Crippen LogP contribution in [-0.2, 0) is 0 Å². The van der Waals surface area contributed by atoms with Crippen LogP contribution in [0.25, 0.3) is 22.3 Å². The minimum Gasteiger partial charge on any atom is -0.500 e. The quantitative estimate of drug-likeness (QED) is 0.201. The maximum atomic E-state index is 15.4. The predicted molar refractivity (Wildman–Crippen MR) is 156 cm³/mol. The second kappa shape index (κ2) is 12.8. The summed E-state index contributed by atoms with van der Waals surface area (Å²) in [6, 6.07) is 12.7. The van der Waals surface area contributed by atoms with Crippen LogP contribution in [-0.4, -0.2) is 14.4 Å². The Kier molecular flexibility index (Phi) is 9.22. The van der Waals surface area contributed by atoms with E-state index >= 15 is 8.78 Å². The van der Waals surface area contributed by atoms with Crippen molar-refractivity contribution in [2.45, 2.75) is 77.0 Å². The summed E-state index contributed by atoms with van der Waals surface area (Å²) in [7, 11) is 1.70. The van der Waals surface area contributed by atoms with Gasteiger partial charge in [0, 0.05) is 11.1 Å². The van der Waals surface area contributed by atoms with Gasteiger partial charge < -0.3 is 4.74 Å². The molecule has 2 saturated carbocycles. The van der Waals surface area contributed by atoms with Crippen LogP contribution in [0.15, 0.2) is 48.5 Å². The third kappa shape index (κ3) is 5.96. The second-order valence-electron chi connectivity index (χ2n) is 11.8. The van der Waals surface area contributed by atoms with Crippen LogP contribution in [0.2, 0.25) is 0 Å². The first-order valence-corrected chi connectivity index (χ1v) is 15.1. The normalized spacial score (nSPS) is 23.2. The molecular weight excluding hydrogens is 511 g/mol. The third-order valence-corrected chi connectivity index (χ3v) is 9.43. The van der Waals surface area contributed by atoms with Crippen LogP contribution in [0.4, 0.5) is 17.6 Å². The fraction of sp³-hybridized carbons (Fsp3) is 0.471. The Morgan fingerprint density at radius 2 is 1.18 bits per heavy atom. The molecule has 0 aliphatic heterocycles. The summed E-state index contributed by atoms with van der Waals surface area (Å²) < 4.78 is 64.8. The molecular formula is C34H39BF4O. The number of benzene rings is 3. The summed E-state index contributed by atoms with van der Waals surface area (Å²) in [5, 5.41) is 0. The van der Waals surface area contributed by atoms with Gasteiger partial charge in [-0.2, -0.15) is 4.39 Å². The van der Waals surface area contributed by atoms with E-state index in [4.69, 9.17) is 4.74 Å². The van der Waals surface area contributed by atoms with Gasteiger partial charge >= 0.3 is 0 Å². The molecule has 0 saturated heterocycles. The zero-order chi connectivity index (χ0) is 28.2. The summed E-state index contributed by atoms with van der Waals surface area (Å²) >= 11 is 0. The third-order valence-electron chi connectivity index (χ3n) is 9.43. The SMILES string of the molecule is BCOc1ccc(-c2ccc(-c3ccc(C4CCC(C5CCC(CCC)CC5)CC4)c(F)c3F)cc2)c(F)c1F. The Morgan fingerprint density at radius 3 is 1.73 bits per heavy atom. The Hall–Kier alpha value is -2.76. The zero-order valence-electron chi connectivity index (χ0n) is 23.6. The van der Waals surface area contributed by atoms with Crippen molar-refractivity contribution in [1.82, 2.24) is 0 Å². The molecule has 3 aromatic carbocycles. The van der Waals surface area contributed by atoms with Crippen molar-refractivity contribution in [2.24, 2.45) is 17.8 Å². The Labute approximate surface area is 236 Å². The van der Waals surface area contributed by atoms with E-state index in [1.807, 2.05) is 0 Å². The molecule has 0 heterocycles. The molecule has 6 heteroatoms. The summed E-state index contributed by atoms with van der Waals surface area (Å²) in [4.78, 5) is 0. The van der Waals surface area contributed by atoms with E-state index in [2.05, 4.69) is 6.92 Å². The van der Waals surface area contributed by atoms with Crippen LogP contribution in [0, 0.1) is 41.0 Å². The lowest BCUT2D eigenvalue weighted by Crippen LogP contribution is -2.25. The fourth-order valence-electron chi connectivity index (χ4n) is 7.21. The molecule has 0 bridgehead atoms. The molecule has 2 aliphatic carbocycles. The lowest BCUT2D eigenvalue weighted by Gasteiger charge is -2.38. The highest BCUT2D eigenvalue weighted by Crippen LogP contribution is 2.45. The van der Waals surface area contributed by atoms with Gasteiger partial charge in [0.05, 0.1) is 6.51 Å². The molecule has 0 amide bonds. The zero-order valence-corrected chi connectivity index (χ0v) is 23.6. The Morgan fingerprint density at radius 1 is 0.650 bits per heavy atom. The van der Waals surface area contributed by atoms with Gasteiger partial charge in [-0.1, -0.05) is 69.0 Å². The first-order valence-electron chi connectivity index (χ1n) is 15.1. The number of hydrogen-bond donors (Lipinski definition) is 0. The maximum Gasteiger partial charge on any atom is 0.201 e. The second-order valence-corrected chi connectivity index (χ2v) is 11.8. The van der Waals surface area contributed by atoms with Gasteiger partial charge in [-0.3, -0.25) is 0 Å². The molecule has 0 atom stereocenters. The van der Waals surface area contributed by atoms with Gasteiger partial charge in [-0.05, 0) is 91.0 Å². The van der Waals surface area contributed by atoms with Crippen LogP contribution < -0.4 is 4.74 Å². The summed E-state index contributed by atoms with van der Waals surface area (Å²) in [6.45, 7) is 2.50. The molecule has 40 heavy (non-hydrogen) atoms. The summed E-state index contributed by atoms with van der Waals surface area (Å²) in [5.41, 5.74) is 1.66. The first-order chi connectivity index (χ1) is 19.4. The van der Waals surface area contributed by atoms with Crippen molar-refractivity contribution in [1.29, 1.82) is 0 Å². The molecule has 1 nitrogen and oxygen atoms in total. The van der Waals surface area contributed by atoms with Crippen molar-refractivity contribution in [3.63, 3.8) is 0 Å². The van der Waals surface area contributed by atoms with Crippen LogP contribution in [0.3, 0.4) is 0 Å². The lowest BCUT2D eigenvalue weighted by atomic mass is 9.68. The van der Waals surface area contributed by atoms with Gasteiger partial charge in [0.2, 0.25) is 5.82 Å². The summed E-state index contributed by atoms with van der Waals surface area (Å²) in [5.74, 6) is -1.31. The number of ether oxygens (including phenoxy) is 1. The van der Waals surface area contributed by atoms with E-state index in [-0.39, 0.29) is 29.3 Å². The molecule has 212 valence electrons. The highest BCUT2D eigenvalue weighted by atomic mass is 19.2. The standard InChI is InChI=1S/C34H39BF4O/c1-2-3-21-4-6-22(7-5-21)23-8-10-24(11-9-23)27-16-17-28(32(37)31(27)36)25-12-14-26(15-13-25)29-18-19-30(40-20-35)34(39)33(29)38/h12-19,21-24H,2-11,20,35H2,1H3. The minimum atomic E-state index is -1.04. The minimum absolute atomic E-state index is 0.0520. The average molecular weight is 550 g/mol. The van der Waals surface area contributed by atoms with Gasteiger partial charge in [0.25, 0.3) is 0 Å².